The van der Waals surface area contributed by atoms with Gasteiger partial charge in [-0.1, -0.05) is 24.8 Å². The summed E-state index contributed by atoms with van der Waals surface area (Å²) in [4.78, 5) is 13.6. The molecule has 0 aliphatic heterocycles. The van der Waals surface area contributed by atoms with E-state index < -0.39 is 0 Å². The second kappa shape index (κ2) is 9.03. The number of benzene rings is 1. The molecule has 0 radical (unpaired) electrons. The Bertz CT molecular complexity index is 378. The van der Waals surface area contributed by atoms with Gasteiger partial charge in [-0.05, 0) is 31.9 Å². The largest absolute Gasteiger partial charge is 0.502 e. The van der Waals surface area contributed by atoms with Crippen molar-refractivity contribution in [3.8, 4) is 0 Å². The highest BCUT2D eigenvalue weighted by molar-refractivity contribution is 5.87. The van der Waals surface area contributed by atoms with E-state index in [-0.39, 0.29) is 6.09 Å². The predicted octanol–water partition coefficient (Wildman–Crippen LogP) is 3.59. The van der Waals surface area contributed by atoms with Gasteiger partial charge in [0.05, 0.1) is 19.5 Å². The van der Waals surface area contributed by atoms with Crippen molar-refractivity contribution in [2.45, 2.75) is 19.8 Å². The number of nitrogens with zero attached hydrogens (tertiary/aromatic N) is 1. The molecule has 0 unspecified atom stereocenters. The highest BCUT2D eigenvalue weighted by Gasteiger charge is 2.15. The third kappa shape index (κ3) is 5.46. The average Bonchev–Trinajstić information content (AvgIpc) is 2.44. The van der Waals surface area contributed by atoms with Gasteiger partial charge in [0.1, 0.15) is 0 Å². The van der Waals surface area contributed by atoms with Gasteiger partial charge < -0.3 is 9.47 Å². The smallest absolute Gasteiger partial charge is 0.414 e. The van der Waals surface area contributed by atoms with Gasteiger partial charge in [-0.3, -0.25) is 4.90 Å². The van der Waals surface area contributed by atoms with E-state index in [0.717, 1.165) is 18.5 Å². The second-order valence-corrected chi connectivity index (χ2v) is 3.93. The molecule has 0 saturated carbocycles. The fourth-order valence-corrected chi connectivity index (χ4v) is 1.67. The van der Waals surface area contributed by atoms with Crippen molar-refractivity contribution >= 4 is 11.8 Å². The van der Waals surface area contributed by atoms with Crippen molar-refractivity contribution in [3.05, 3.63) is 43.2 Å². The van der Waals surface area contributed by atoms with Crippen LogP contribution in [0.5, 0.6) is 0 Å². The zero-order valence-electron chi connectivity index (χ0n) is 11.4. The topological polar surface area (TPSA) is 38.8 Å². The van der Waals surface area contributed by atoms with Gasteiger partial charge in [0, 0.05) is 12.2 Å². The van der Waals surface area contributed by atoms with E-state index in [1.807, 2.05) is 30.3 Å². The number of unbranched alkanes of at least 4 members (excludes halogenated alkanes) is 1. The van der Waals surface area contributed by atoms with Crippen molar-refractivity contribution in [2.24, 2.45) is 0 Å². The molecule has 0 aromatic heterocycles. The van der Waals surface area contributed by atoms with Gasteiger partial charge in [-0.2, -0.15) is 0 Å². The average molecular weight is 263 g/mol. The molecule has 104 valence electrons. The van der Waals surface area contributed by atoms with Gasteiger partial charge in [0.2, 0.25) is 0 Å². The molecular weight excluding hydrogens is 242 g/mol. The standard InChI is InChI=1S/C15H21NO3/c1-3-18-13-9-8-12-16(15(17)19-4-2)14-10-6-5-7-11-14/h3,5-7,10-11H,1,4,8-9,12-13H2,2H3. The van der Waals surface area contributed by atoms with Crippen molar-refractivity contribution in [1.82, 2.24) is 0 Å². The summed E-state index contributed by atoms with van der Waals surface area (Å²) in [6, 6.07) is 9.53. The predicted molar refractivity (Wildman–Crippen MR) is 76.2 cm³/mol. The lowest BCUT2D eigenvalue weighted by atomic mass is 10.2. The monoisotopic (exact) mass is 263 g/mol. The minimum absolute atomic E-state index is 0.307. The summed E-state index contributed by atoms with van der Waals surface area (Å²) < 4.78 is 10.1. The zero-order valence-corrected chi connectivity index (χ0v) is 11.4. The Morgan fingerprint density at radius 1 is 1.32 bits per heavy atom. The molecule has 0 spiro atoms. The first kappa shape index (κ1) is 15.1. The van der Waals surface area contributed by atoms with Crippen LogP contribution >= 0.6 is 0 Å². The summed E-state index contributed by atoms with van der Waals surface area (Å²) in [7, 11) is 0. The van der Waals surface area contributed by atoms with Crippen LogP contribution in [0.1, 0.15) is 19.8 Å². The molecule has 0 saturated heterocycles. The molecule has 1 aromatic rings. The maximum atomic E-state index is 11.9. The Balaban J connectivity index is 2.55. The lowest BCUT2D eigenvalue weighted by molar-refractivity contribution is 0.159. The van der Waals surface area contributed by atoms with E-state index in [9.17, 15) is 4.79 Å². The van der Waals surface area contributed by atoms with E-state index in [1.54, 1.807) is 11.8 Å². The van der Waals surface area contributed by atoms with Crippen LogP contribution in [-0.2, 0) is 9.47 Å². The quantitative estimate of drug-likeness (QED) is 0.531. The molecule has 1 amide bonds. The van der Waals surface area contributed by atoms with Crippen molar-refractivity contribution in [3.63, 3.8) is 0 Å². The molecule has 4 heteroatoms. The number of carbonyl (C=O) groups excluding carboxylic acids is 1. The lowest BCUT2D eigenvalue weighted by Crippen LogP contribution is -2.32. The fourth-order valence-electron chi connectivity index (χ4n) is 1.67. The van der Waals surface area contributed by atoms with Crippen molar-refractivity contribution in [2.75, 3.05) is 24.7 Å². The second-order valence-electron chi connectivity index (χ2n) is 3.93. The molecule has 0 aliphatic rings. The van der Waals surface area contributed by atoms with Gasteiger partial charge in [-0.25, -0.2) is 4.79 Å². The minimum Gasteiger partial charge on any atom is -0.502 e. The summed E-state index contributed by atoms with van der Waals surface area (Å²) in [5, 5.41) is 0. The first-order valence-corrected chi connectivity index (χ1v) is 6.51. The van der Waals surface area contributed by atoms with Crippen LogP contribution in [0, 0.1) is 0 Å². The summed E-state index contributed by atoms with van der Waals surface area (Å²) >= 11 is 0. The van der Waals surface area contributed by atoms with E-state index in [1.165, 1.54) is 6.26 Å². The molecule has 0 heterocycles. The first-order valence-electron chi connectivity index (χ1n) is 6.51. The maximum Gasteiger partial charge on any atom is 0.414 e. The lowest BCUT2D eigenvalue weighted by Gasteiger charge is -2.21. The Hall–Kier alpha value is -1.97. The number of carbonyl (C=O) groups is 1. The molecule has 0 aliphatic carbocycles. The molecule has 0 fully saturated rings. The minimum atomic E-state index is -0.307. The highest BCUT2D eigenvalue weighted by Crippen LogP contribution is 2.15. The Kier molecular flexibility index (Phi) is 7.17. The van der Waals surface area contributed by atoms with Gasteiger partial charge in [-0.15, -0.1) is 0 Å². The van der Waals surface area contributed by atoms with Crippen LogP contribution < -0.4 is 4.90 Å². The fraction of sp³-hybridized carbons (Fsp3) is 0.400. The van der Waals surface area contributed by atoms with E-state index >= 15 is 0 Å². The molecule has 0 bridgehead atoms. The maximum absolute atomic E-state index is 11.9. The number of hydrogen-bond donors (Lipinski definition) is 0. The number of ether oxygens (including phenoxy) is 2. The van der Waals surface area contributed by atoms with Gasteiger partial charge in [0.15, 0.2) is 0 Å². The molecule has 4 nitrogen and oxygen atoms in total. The van der Waals surface area contributed by atoms with Crippen molar-refractivity contribution in [1.29, 1.82) is 0 Å². The third-order valence-electron chi connectivity index (χ3n) is 2.57. The normalized spacial score (nSPS) is 9.74. The van der Waals surface area contributed by atoms with E-state index in [4.69, 9.17) is 9.47 Å². The molecule has 1 aromatic carbocycles. The van der Waals surface area contributed by atoms with Crippen LogP contribution in [0.4, 0.5) is 10.5 Å². The van der Waals surface area contributed by atoms with Crippen LogP contribution in [0.15, 0.2) is 43.2 Å². The van der Waals surface area contributed by atoms with Crippen LogP contribution in [0.3, 0.4) is 0 Å². The zero-order chi connectivity index (χ0) is 13.9. The summed E-state index contributed by atoms with van der Waals surface area (Å²) in [6.45, 7) is 6.90. The number of amides is 1. The Morgan fingerprint density at radius 2 is 2.05 bits per heavy atom. The number of anilines is 1. The van der Waals surface area contributed by atoms with Crippen LogP contribution in [0.2, 0.25) is 0 Å². The summed E-state index contributed by atoms with van der Waals surface area (Å²) in [5.74, 6) is 0. The molecule has 1 rings (SSSR count). The van der Waals surface area contributed by atoms with E-state index in [2.05, 4.69) is 6.58 Å². The van der Waals surface area contributed by atoms with Gasteiger partial charge >= 0.3 is 6.09 Å². The van der Waals surface area contributed by atoms with E-state index in [0.29, 0.717) is 19.8 Å². The Labute approximate surface area is 114 Å². The number of rotatable bonds is 8. The SMILES string of the molecule is C=COCCCCN(C(=O)OCC)c1ccccc1. The third-order valence-corrected chi connectivity index (χ3v) is 2.57. The highest BCUT2D eigenvalue weighted by atomic mass is 16.6. The number of para-hydroxylation sites is 1. The Morgan fingerprint density at radius 3 is 2.68 bits per heavy atom. The summed E-state index contributed by atoms with van der Waals surface area (Å²) in [6.07, 6.45) is 2.84. The number of hydrogen-bond acceptors (Lipinski definition) is 3. The van der Waals surface area contributed by atoms with Crippen molar-refractivity contribution < 1.29 is 14.3 Å². The van der Waals surface area contributed by atoms with Crippen LogP contribution in [0.25, 0.3) is 0 Å². The van der Waals surface area contributed by atoms with Crippen LogP contribution in [-0.4, -0.2) is 25.9 Å². The van der Waals surface area contributed by atoms with Gasteiger partial charge in [0.25, 0.3) is 0 Å². The summed E-state index contributed by atoms with van der Waals surface area (Å²) in [5.41, 5.74) is 0.852. The molecule has 0 atom stereocenters. The molecule has 19 heavy (non-hydrogen) atoms. The molecular formula is C15H21NO3. The molecule has 0 N–H and O–H groups in total. The first-order chi connectivity index (χ1) is 9.29.